The molecule has 0 atom stereocenters. The molecule has 84 valence electrons. The summed E-state index contributed by atoms with van der Waals surface area (Å²) in [6, 6.07) is 0. The van der Waals surface area contributed by atoms with E-state index in [4.69, 9.17) is 5.73 Å². The summed E-state index contributed by atoms with van der Waals surface area (Å²) in [6.45, 7) is 10.1. The van der Waals surface area contributed by atoms with Crippen LogP contribution in [-0.4, -0.2) is 27.7 Å². The van der Waals surface area contributed by atoms with Crippen LogP contribution in [0.25, 0.3) is 0 Å². The molecule has 0 aliphatic heterocycles. The highest BCUT2D eigenvalue weighted by Crippen LogP contribution is 2.21. The molecule has 0 heterocycles. The third-order valence-corrected chi connectivity index (χ3v) is 2.54. The molecule has 0 bridgehead atoms. The van der Waals surface area contributed by atoms with Crippen molar-refractivity contribution >= 4 is 5.91 Å². The van der Waals surface area contributed by atoms with Crippen LogP contribution in [0, 0.1) is 0 Å². The third-order valence-electron chi connectivity index (χ3n) is 2.54. The first-order valence-electron chi connectivity index (χ1n) is 4.72. The van der Waals surface area contributed by atoms with Gasteiger partial charge in [0, 0.05) is 0 Å². The summed E-state index contributed by atoms with van der Waals surface area (Å²) in [5.41, 5.74) is 3.01. The van der Waals surface area contributed by atoms with Gasteiger partial charge in [-0.25, -0.2) is 0 Å². The average Bonchev–Trinajstić information content (AvgIpc) is 1.80. The molecule has 4 heteroatoms. The first-order valence-corrected chi connectivity index (χ1v) is 4.72. The Hall–Kier alpha value is -0.610. The van der Waals surface area contributed by atoms with Crippen molar-refractivity contribution in [3.8, 4) is 0 Å². The zero-order chi connectivity index (χ0) is 11.8. The van der Waals surface area contributed by atoms with Gasteiger partial charge >= 0.3 is 0 Å². The van der Waals surface area contributed by atoms with E-state index in [0.717, 1.165) is 0 Å². The number of carbonyl (C=O) groups excluding carboxylic acids is 1. The molecular weight excluding hydrogens is 180 g/mol. The Labute approximate surface area is 85.9 Å². The summed E-state index contributed by atoms with van der Waals surface area (Å²) in [4.78, 5) is 11.6. The third kappa shape index (κ3) is 3.27. The lowest BCUT2D eigenvalue weighted by Crippen LogP contribution is -2.62. The Kier molecular flexibility index (Phi) is 3.36. The topological polar surface area (TPSA) is 75.4 Å². The molecule has 0 fully saturated rings. The number of nitrogens with two attached hydrogens (primary N) is 1. The number of carbonyl (C=O) groups is 1. The van der Waals surface area contributed by atoms with Gasteiger partial charge in [-0.2, -0.15) is 0 Å². The van der Waals surface area contributed by atoms with E-state index in [2.05, 4.69) is 5.32 Å². The summed E-state index contributed by atoms with van der Waals surface area (Å²) in [7, 11) is 0. The Bertz CT molecular complexity index is 221. The van der Waals surface area contributed by atoms with Crippen molar-refractivity contribution in [1.82, 2.24) is 5.32 Å². The van der Waals surface area contributed by atoms with Crippen LogP contribution in [0.3, 0.4) is 0 Å². The molecule has 0 saturated heterocycles. The van der Waals surface area contributed by atoms with Gasteiger partial charge in [0.15, 0.2) is 0 Å². The second-order valence-corrected chi connectivity index (χ2v) is 5.36. The van der Waals surface area contributed by atoms with Gasteiger partial charge in [-0.05, 0) is 41.5 Å². The number of hydrogen-bond donors (Lipinski definition) is 3. The molecule has 0 spiro atoms. The van der Waals surface area contributed by atoms with Crippen LogP contribution in [0.2, 0.25) is 0 Å². The van der Waals surface area contributed by atoms with E-state index in [1.165, 1.54) is 0 Å². The van der Waals surface area contributed by atoms with Crippen LogP contribution in [0.4, 0.5) is 0 Å². The molecule has 0 saturated carbocycles. The molecule has 0 radical (unpaired) electrons. The highest BCUT2D eigenvalue weighted by atomic mass is 16.3. The monoisotopic (exact) mass is 202 g/mol. The van der Waals surface area contributed by atoms with E-state index >= 15 is 0 Å². The largest absolute Gasteiger partial charge is 0.388 e. The minimum Gasteiger partial charge on any atom is -0.388 e. The number of amides is 1. The SMILES string of the molecule is CC(C)(N)C(=O)NC(C)(C)C(C)(C)O. The predicted octanol–water partition coefficient (Wildman–Crippen LogP) is 0.389. The molecular formula is C10H22N2O2. The molecule has 0 aromatic rings. The summed E-state index contributed by atoms with van der Waals surface area (Å²) in [5, 5.41) is 12.5. The van der Waals surface area contributed by atoms with Gasteiger partial charge in [0.2, 0.25) is 5.91 Å². The van der Waals surface area contributed by atoms with Gasteiger partial charge in [-0.1, -0.05) is 0 Å². The lowest BCUT2D eigenvalue weighted by Gasteiger charge is -2.39. The standard InChI is InChI=1S/C10H22N2O2/c1-8(2,11)7(13)12-9(3,4)10(5,6)14/h14H,11H2,1-6H3,(H,12,13). The van der Waals surface area contributed by atoms with Gasteiger partial charge in [0.25, 0.3) is 0 Å². The van der Waals surface area contributed by atoms with Gasteiger partial charge in [-0.3, -0.25) is 4.79 Å². The molecule has 14 heavy (non-hydrogen) atoms. The fourth-order valence-electron chi connectivity index (χ4n) is 0.598. The van der Waals surface area contributed by atoms with Crippen LogP contribution in [-0.2, 0) is 4.79 Å². The highest BCUT2D eigenvalue weighted by Gasteiger charge is 2.38. The zero-order valence-electron chi connectivity index (χ0n) is 9.93. The molecule has 0 aliphatic rings. The Morgan fingerprint density at radius 2 is 1.50 bits per heavy atom. The lowest BCUT2D eigenvalue weighted by atomic mass is 9.85. The van der Waals surface area contributed by atoms with E-state index in [1.54, 1.807) is 41.5 Å². The maximum atomic E-state index is 11.6. The van der Waals surface area contributed by atoms with Crippen LogP contribution in [0.15, 0.2) is 0 Å². The van der Waals surface area contributed by atoms with Gasteiger partial charge in [0.1, 0.15) is 0 Å². The minimum absolute atomic E-state index is 0.273. The first kappa shape index (κ1) is 13.4. The molecule has 0 aromatic heterocycles. The van der Waals surface area contributed by atoms with Crippen LogP contribution < -0.4 is 11.1 Å². The average molecular weight is 202 g/mol. The molecule has 4 nitrogen and oxygen atoms in total. The van der Waals surface area contributed by atoms with Crippen molar-refractivity contribution in [2.45, 2.75) is 58.2 Å². The van der Waals surface area contributed by atoms with E-state index in [9.17, 15) is 9.90 Å². The van der Waals surface area contributed by atoms with E-state index in [1.807, 2.05) is 0 Å². The summed E-state index contributed by atoms with van der Waals surface area (Å²) >= 11 is 0. The minimum atomic E-state index is -0.992. The first-order chi connectivity index (χ1) is 5.88. The maximum Gasteiger partial charge on any atom is 0.240 e. The van der Waals surface area contributed by atoms with Crippen LogP contribution in [0.5, 0.6) is 0 Å². The molecule has 0 aromatic carbocycles. The molecule has 0 rings (SSSR count). The van der Waals surface area contributed by atoms with Crippen molar-refractivity contribution < 1.29 is 9.90 Å². The Balaban J connectivity index is 4.62. The predicted molar refractivity (Wildman–Crippen MR) is 56.8 cm³/mol. The lowest BCUT2D eigenvalue weighted by molar-refractivity contribution is -0.130. The number of nitrogens with one attached hydrogen (secondary N) is 1. The number of aliphatic hydroxyl groups is 1. The van der Waals surface area contributed by atoms with E-state index in [0.29, 0.717) is 0 Å². The summed E-state index contributed by atoms with van der Waals surface area (Å²) in [5.74, 6) is -0.273. The van der Waals surface area contributed by atoms with Crippen LogP contribution in [0.1, 0.15) is 41.5 Å². The fraction of sp³-hybridized carbons (Fsp3) is 0.900. The van der Waals surface area contributed by atoms with Gasteiger partial charge in [0.05, 0.1) is 16.7 Å². The van der Waals surface area contributed by atoms with Gasteiger partial charge < -0.3 is 16.2 Å². The second kappa shape index (κ2) is 3.51. The van der Waals surface area contributed by atoms with Crippen molar-refractivity contribution in [2.24, 2.45) is 5.73 Å². The van der Waals surface area contributed by atoms with E-state index < -0.39 is 16.7 Å². The molecule has 4 N–H and O–H groups in total. The maximum absolute atomic E-state index is 11.6. The van der Waals surface area contributed by atoms with Crippen molar-refractivity contribution in [1.29, 1.82) is 0 Å². The van der Waals surface area contributed by atoms with Crippen molar-refractivity contribution in [2.75, 3.05) is 0 Å². The van der Waals surface area contributed by atoms with Crippen LogP contribution >= 0.6 is 0 Å². The Morgan fingerprint density at radius 3 is 1.71 bits per heavy atom. The molecule has 1 amide bonds. The molecule has 0 aliphatic carbocycles. The normalized spacial score (nSPS) is 14.0. The number of hydrogen-bond acceptors (Lipinski definition) is 3. The van der Waals surface area contributed by atoms with E-state index in [-0.39, 0.29) is 5.91 Å². The van der Waals surface area contributed by atoms with Crippen molar-refractivity contribution in [3.63, 3.8) is 0 Å². The zero-order valence-corrected chi connectivity index (χ0v) is 9.93. The fourth-order valence-corrected chi connectivity index (χ4v) is 0.598. The Morgan fingerprint density at radius 1 is 1.14 bits per heavy atom. The smallest absolute Gasteiger partial charge is 0.240 e. The second-order valence-electron chi connectivity index (χ2n) is 5.36. The highest BCUT2D eigenvalue weighted by molar-refractivity contribution is 5.85. The quantitative estimate of drug-likeness (QED) is 0.619. The van der Waals surface area contributed by atoms with Gasteiger partial charge in [-0.15, -0.1) is 0 Å². The summed E-state index contributed by atoms with van der Waals surface area (Å²) < 4.78 is 0. The number of rotatable bonds is 3. The van der Waals surface area contributed by atoms with Crippen molar-refractivity contribution in [3.05, 3.63) is 0 Å². The molecule has 0 unspecified atom stereocenters. The summed E-state index contributed by atoms with van der Waals surface area (Å²) in [6.07, 6.45) is 0.